The lowest BCUT2D eigenvalue weighted by Gasteiger charge is -2.12. The van der Waals surface area contributed by atoms with Crippen molar-refractivity contribution in [3.8, 4) is 11.6 Å². The van der Waals surface area contributed by atoms with Crippen LogP contribution in [0.15, 0.2) is 42.6 Å². The van der Waals surface area contributed by atoms with Gasteiger partial charge in [-0.05, 0) is 30.7 Å². The van der Waals surface area contributed by atoms with Crippen molar-refractivity contribution in [3.05, 3.63) is 48.2 Å². The predicted molar refractivity (Wildman–Crippen MR) is 77.7 cm³/mol. The van der Waals surface area contributed by atoms with Gasteiger partial charge in [0.15, 0.2) is 5.75 Å². The summed E-state index contributed by atoms with van der Waals surface area (Å²) < 4.78 is 5.72. The molecule has 0 aliphatic heterocycles. The Hall–Kier alpha value is -2.40. The molecule has 2 aromatic rings. The van der Waals surface area contributed by atoms with Crippen LogP contribution < -0.4 is 15.8 Å². The first-order chi connectivity index (χ1) is 9.56. The predicted octanol–water partition coefficient (Wildman–Crippen LogP) is 2.85. The molecule has 0 saturated carbocycles. The molecule has 0 fully saturated rings. The second-order valence-electron chi connectivity index (χ2n) is 4.50. The summed E-state index contributed by atoms with van der Waals surface area (Å²) in [5, 5.41) is 2.71. The summed E-state index contributed by atoms with van der Waals surface area (Å²) in [4.78, 5) is 15.3. The van der Waals surface area contributed by atoms with Gasteiger partial charge in [-0.1, -0.05) is 12.1 Å². The molecule has 1 aromatic heterocycles. The summed E-state index contributed by atoms with van der Waals surface area (Å²) >= 11 is 0. The fourth-order valence-electron chi connectivity index (χ4n) is 1.73. The van der Waals surface area contributed by atoms with E-state index in [1.54, 1.807) is 24.4 Å². The molecule has 0 spiro atoms. The van der Waals surface area contributed by atoms with Crippen molar-refractivity contribution in [2.24, 2.45) is 5.73 Å². The number of nitrogens with two attached hydrogens (primary N) is 1. The van der Waals surface area contributed by atoms with E-state index >= 15 is 0 Å². The van der Waals surface area contributed by atoms with Crippen LogP contribution in [0.25, 0.3) is 0 Å². The Bertz CT molecular complexity index is 612. The molecule has 2 rings (SSSR count). The Morgan fingerprint density at radius 2 is 2.10 bits per heavy atom. The minimum absolute atomic E-state index is 0.0917. The number of ether oxygens (including phenoxy) is 1. The highest BCUT2D eigenvalue weighted by Gasteiger charge is 2.08. The standard InChI is InChI=1S/C15H17N3O2/c1-10(16)12-7-8-17-15(9-12)20-14-6-4-3-5-13(14)18-11(2)19/h3-10H,16H2,1-2H3,(H,18,19). The highest BCUT2D eigenvalue weighted by molar-refractivity contribution is 5.90. The summed E-state index contributed by atoms with van der Waals surface area (Å²) in [6, 6.07) is 10.7. The Morgan fingerprint density at radius 1 is 1.35 bits per heavy atom. The van der Waals surface area contributed by atoms with Crippen molar-refractivity contribution in [2.75, 3.05) is 5.32 Å². The number of benzene rings is 1. The van der Waals surface area contributed by atoms with Crippen molar-refractivity contribution < 1.29 is 9.53 Å². The maximum Gasteiger partial charge on any atom is 0.221 e. The average molecular weight is 271 g/mol. The minimum atomic E-state index is -0.154. The Labute approximate surface area is 117 Å². The Balaban J connectivity index is 2.25. The number of anilines is 1. The van der Waals surface area contributed by atoms with Crippen molar-refractivity contribution in [1.29, 1.82) is 0 Å². The summed E-state index contributed by atoms with van der Waals surface area (Å²) in [6.07, 6.45) is 1.65. The molecule has 104 valence electrons. The third-order valence-electron chi connectivity index (χ3n) is 2.70. The van der Waals surface area contributed by atoms with Crippen LogP contribution in [-0.4, -0.2) is 10.9 Å². The van der Waals surface area contributed by atoms with Gasteiger partial charge >= 0.3 is 0 Å². The number of rotatable bonds is 4. The van der Waals surface area contributed by atoms with Gasteiger partial charge in [-0.15, -0.1) is 0 Å². The molecule has 1 atom stereocenters. The zero-order valence-corrected chi connectivity index (χ0v) is 11.5. The number of pyridine rings is 1. The molecule has 5 nitrogen and oxygen atoms in total. The van der Waals surface area contributed by atoms with Crippen molar-refractivity contribution in [2.45, 2.75) is 19.9 Å². The average Bonchev–Trinajstić information content (AvgIpc) is 2.41. The number of hydrogen-bond donors (Lipinski definition) is 2. The largest absolute Gasteiger partial charge is 0.437 e. The molecule has 0 aliphatic carbocycles. The fourth-order valence-corrected chi connectivity index (χ4v) is 1.73. The third kappa shape index (κ3) is 3.55. The lowest BCUT2D eigenvalue weighted by Crippen LogP contribution is -2.07. The molecule has 1 amide bonds. The topological polar surface area (TPSA) is 77.2 Å². The summed E-state index contributed by atoms with van der Waals surface area (Å²) in [6.45, 7) is 3.34. The van der Waals surface area contributed by atoms with Crippen LogP contribution in [0.2, 0.25) is 0 Å². The third-order valence-corrected chi connectivity index (χ3v) is 2.70. The van der Waals surface area contributed by atoms with Gasteiger partial charge in [-0.2, -0.15) is 0 Å². The first-order valence-corrected chi connectivity index (χ1v) is 6.32. The maximum absolute atomic E-state index is 11.2. The van der Waals surface area contributed by atoms with Gasteiger partial charge in [0.05, 0.1) is 5.69 Å². The smallest absolute Gasteiger partial charge is 0.221 e. The van der Waals surface area contributed by atoms with Crippen LogP contribution in [0.4, 0.5) is 5.69 Å². The van der Waals surface area contributed by atoms with E-state index in [4.69, 9.17) is 10.5 Å². The molecular weight excluding hydrogens is 254 g/mol. The first-order valence-electron chi connectivity index (χ1n) is 6.32. The van der Waals surface area contributed by atoms with E-state index in [9.17, 15) is 4.79 Å². The summed E-state index contributed by atoms with van der Waals surface area (Å²) in [7, 11) is 0. The number of para-hydroxylation sites is 2. The fraction of sp³-hybridized carbons (Fsp3) is 0.200. The number of nitrogens with zero attached hydrogens (tertiary/aromatic N) is 1. The number of amides is 1. The van der Waals surface area contributed by atoms with Crippen molar-refractivity contribution >= 4 is 11.6 Å². The molecular formula is C15H17N3O2. The molecule has 0 aliphatic rings. The SMILES string of the molecule is CC(=O)Nc1ccccc1Oc1cc(C(C)N)ccn1. The second-order valence-corrected chi connectivity index (χ2v) is 4.50. The van der Waals surface area contributed by atoms with E-state index in [-0.39, 0.29) is 11.9 Å². The molecule has 0 radical (unpaired) electrons. The van der Waals surface area contributed by atoms with Gasteiger partial charge in [-0.25, -0.2) is 4.98 Å². The normalized spacial score (nSPS) is 11.8. The number of aromatic nitrogens is 1. The van der Waals surface area contributed by atoms with E-state index in [0.29, 0.717) is 17.3 Å². The zero-order chi connectivity index (χ0) is 14.5. The van der Waals surface area contributed by atoms with Crippen LogP contribution in [0, 0.1) is 0 Å². The molecule has 1 heterocycles. The lowest BCUT2D eigenvalue weighted by atomic mass is 10.1. The first kappa shape index (κ1) is 14.0. The highest BCUT2D eigenvalue weighted by atomic mass is 16.5. The van der Waals surface area contributed by atoms with Gasteiger partial charge < -0.3 is 15.8 Å². The molecule has 0 bridgehead atoms. The van der Waals surface area contributed by atoms with E-state index in [1.165, 1.54) is 6.92 Å². The van der Waals surface area contributed by atoms with Crippen molar-refractivity contribution in [1.82, 2.24) is 4.98 Å². The van der Waals surface area contributed by atoms with Crippen LogP contribution in [0.3, 0.4) is 0 Å². The monoisotopic (exact) mass is 271 g/mol. The van der Waals surface area contributed by atoms with Crippen LogP contribution in [-0.2, 0) is 4.79 Å². The zero-order valence-electron chi connectivity index (χ0n) is 11.5. The van der Waals surface area contributed by atoms with Gasteiger partial charge in [0, 0.05) is 25.2 Å². The van der Waals surface area contributed by atoms with E-state index in [1.807, 2.05) is 25.1 Å². The van der Waals surface area contributed by atoms with Crippen molar-refractivity contribution in [3.63, 3.8) is 0 Å². The van der Waals surface area contributed by atoms with Crippen LogP contribution in [0.1, 0.15) is 25.5 Å². The minimum Gasteiger partial charge on any atom is -0.437 e. The van der Waals surface area contributed by atoms with Gasteiger partial charge in [0.2, 0.25) is 11.8 Å². The molecule has 20 heavy (non-hydrogen) atoms. The Kier molecular flexibility index (Phi) is 4.32. The van der Waals surface area contributed by atoms with E-state index < -0.39 is 0 Å². The molecule has 1 aromatic carbocycles. The van der Waals surface area contributed by atoms with E-state index in [2.05, 4.69) is 10.3 Å². The lowest BCUT2D eigenvalue weighted by molar-refractivity contribution is -0.114. The summed E-state index contributed by atoms with van der Waals surface area (Å²) in [5.74, 6) is 0.827. The molecule has 5 heteroatoms. The highest BCUT2D eigenvalue weighted by Crippen LogP contribution is 2.29. The maximum atomic E-state index is 11.2. The van der Waals surface area contributed by atoms with E-state index in [0.717, 1.165) is 5.56 Å². The summed E-state index contributed by atoms with van der Waals surface area (Å²) in [5.41, 5.74) is 7.37. The van der Waals surface area contributed by atoms with Gasteiger partial charge in [-0.3, -0.25) is 4.79 Å². The number of hydrogen-bond acceptors (Lipinski definition) is 4. The molecule has 0 saturated heterocycles. The number of carbonyl (C=O) groups is 1. The quantitative estimate of drug-likeness (QED) is 0.896. The number of nitrogens with one attached hydrogen (secondary N) is 1. The molecule has 1 unspecified atom stereocenters. The number of carbonyl (C=O) groups excluding carboxylic acids is 1. The molecule has 3 N–H and O–H groups in total. The second kappa shape index (κ2) is 6.16. The van der Waals surface area contributed by atoms with Gasteiger partial charge in [0.25, 0.3) is 0 Å². The van der Waals surface area contributed by atoms with Gasteiger partial charge in [0.1, 0.15) is 0 Å². The van der Waals surface area contributed by atoms with Crippen LogP contribution >= 0.6 is 0 Å². The van der Waals surface area contributed by atoms with Crippen LogP contribution in [0.5, 0.6) is 11.6 Å². The Morgan fingerprint density at radius 3 is 2.80 bits per heavy atom.